The molecule has 0 saturated carbocycles. The fourth-order valence-corrected chi connectivity index (χ4v) is 3.46. The minimum Gasteiger partial charge on any atom is -0.314 e. The van der Waals surface area contributed by atoms with Gasteiger partial charge in [-0.15, -0.1) is 0 Å². The van der Waals surface area contributed by atoms with Crippen molar-refractivity contribution in [2.24, 2.45) is 5.41 Å². The van der Waals surface area contributed by atoms with Gasteiger partial charge >= 0.3 is 0 Å². The lowest BCUT2D eigenvalue weighted by Crippen LogP contribution is -2.45. The highest BCUT2D eigenvalue weighted by Crippen LogP contribution is 2.27. The predicted molar refractivity (Wildman–Crippen MR) is 78.9 cm³/mol. The molecule has 0 aromatic rings. The molecule has 0 radical (unpaired) electrons. The molecule has 0 bridgehead atoms. The summed E-state index contributed by atoms with van der Waals surface area (Å²) in [5, 5.41) is 12.7. The molecular weight excluding hydrogens is 234 g/mol. The van der Waals surface area contributed by atoms with Crippen LogP contribution in [0.5, 0.6) is 0 Å². The molecule has 1 N–H and O–H groups in total. The Bertz CT molecular complexity index is 318. The molecule has 0 aromatic heterocycles. The lowest BCUT2D eigenvalue weighted by Gasteiger charge is -2.35. The van der Waals surface area contributed by atoms with Crippen LogP contribution in [-0.4, -0.2) is 36.6 Å². The Morgan fingerprint density at radius 2 is 2.11 bits per heavy atom. The summed E-state index contributed by atoms with van der Waals surface area (Å²) >= 11 is 0. The fourth-order valence-electron chi connectivity index (χ4n) is 3.46. The summed E-state index contributed by atoms with van der Waals surface area (Å²) in [6.07, 6.45) is 8.87. The van der Waals surface area contributed by atoms with Crippen molar-refractivity contribution in [1.29, 1.82) is 5.26 Å². The first kappa shape index (κ1) is 14.8. The molecule has 2 unspecified atom stereocenters. The van der Waals surface area contributed by atoms with Crippen molar-refractivity contribution in [3.63, 3.8) is 0 Å². The lowest BCUT2D eigenvalue weighted by molar-refractivity contribution is 0.167. The van der Waals surface area contributed by atoms with Crippen LogP contribution in [-0.2, 0) is 0 Å². The normalized spacial score (nSPS) is 28.1. The quantitative estimate of drug-likeness (QED) is 0.749. The number of hydrogen-bond donors (Lipinski definition) is 1. The monoisotopic (exact) mass is 263 g/mol. The summed E-state index contributed by atoms with van der Waals surface area (Å²) in [5.74, 6) is 0. The molecule has 2 fully saturated rings. The summed E-state index contributed by atoms with van der Waals surface area (Å²) in [4.78, 5) is 2.67. The van der Waals surface area contributed by atoms with Gasteiger partial charge in [-0.2, -0.15) is 5.26 Å². The van der Waals surface area contributed by atoms with Crippen molar-refractivity contribution in [3.05, 3.63) is 0 Å². The molecule has 0 amide bonds. The molecule has 3 heteroatoms. The minimum absolute atomic E-state index is 0.144. The van der Waals surface area contributed by atoms with Gasteiger partial charge in [0, 0.05) is 12.1 Å². The van der Waals surface area contributed by atoms with E-state index in [0.29, 0.717) is 0 Å². The highest BCUT2D eigenvalue weighted by molar-refractivity contribution is 4.91. The number of nitrogens with one attached hydrogen (secondary N) is 1. The highest BCUT2D eigenvalue weighted by atomic mass is 15.2. The maximum absolute atomic E-state index is 8.97. The molecular formula is C16H29N3. The van der Waals surface area contributed by atoms with Gasteiger partial charge < -0.3 is 10.2 Å². The van der Waals surface area contributed by atoms with Gasteiger partial charge in [0.25, 0.3) is 0 Å². The third-order valence-corrected chi connectivity index (χ3v) is 4.78. The van der Waals surface area contributed by atoms with Crippen LogP contribution in [0, 0.1) is 16.7 Å². The van der Waals surface area contributed by atoms with Crippen LogP contribution in [0.25, 0.3) is 0 Å². The number of nitrogens with zero attached hydrogens (tertiary/aromatic N) is 2. The molecule has 2 saturated heterocycles. The van der Waals surface area contributed by atoms with E-state index in [1.54, 1.807) is 0 Å². The molecule has 2 aliphatic rings. The Balaban J connectivity index is 1.55. The molecule has 2 rings (SSSR count). The average Bonchev–Trinajstić information content (AvgIpc) is 2.85. The van der Waals surface area contributed by atoms with Gasteiger partial charge in [0.15, 0.2) is 0 Å². The predicted octanol–water partition coefficient (Wildman–Crippen LogP) is 2.92. The SMILES string of the molecule is CC(C)(C#N)CCCCNC1CCN2CCCC2C1. The van der Waals surface area contributed by atoms with Gasteiger partial charge in [-0.1, -0.05) is 6.42 Å². The van der Waals surface area contributed by atoms with Gasteiger partial charge in [0.1, 0.15) is 0 Å². The Hall–Kier alpha value is -0.590. The average molecular weight is 263 g/mol. The van der Waals surface area contributed by atoms with E-state index in [2.05, 4.69) is 16.3 Å². The number of hydrogen-bond acceptors (Lipinski definition) is 3. The maximum Gasteiger partial charge on any atom is 0.0683 e. The van der Waals surface area contributed by atoms with Crippen LogP contribution < -0.4 is 5.32 Å². The van der Waals surface area contributed by atoms with E-state index >= 15 is 0 Å². The fraction of sp³-hybridized carbons (Fsp3) is 0.938. The van der Waals surface area contributed by atoms with Crippen molar-refractivity contribution in [1.82, 2.24) is 10.2 Å². The summed E-state index contributed by atoms with van der Waals surface area (Å²) < 4.78 is 0. The van der Waals surface area contributed by atoms with E-state index in [9.17, 15) is 0 Å². The molecule has 3 nitrogen and oxygen atoms in total. The van der Waals surface area contributed by atoms with E-state index in [-0.39, 0.29) is 5.41 Å². The van der Waals surface area contributed by atoms with Crippen molar-refractivity contribution in [2.45, 2.75) is 70.9 Å². The second-order valence-corrected chi connectivity index (χ2v) is 6.96. The van der Waals surface area contributed by atoms with Gasteiger partial charge in [0.2, 0.25) is 0 Å². The number of piperidine rings is 1. The first-order valence-electron chi connectivity index (χ1n) is 7.99. The molecule has 19 heavy (non-hydrogen) atoms. The molecule has 2 atom stereocenters. The highest BCUT2D eigenvalue weighted by Gasteiger charge is 2.31. The Morgan fingerprint density at radius 3 is 2.89 bits per heavy atom. The van der Waals surface area contributed by atoms with E-state index in [0.717, 1.165) is 31.5 Å². The Kier molecular flexibility index (Phi) is 5.24. The Labute approximate surface area is 118 Å². The second-order valence-electron chi connectivity index (χ2n) is 6.96. The van der Waals surface area contributed by atoms with Crippen LogP contribution >= 0.6 is 0 Å². The number of rotatable bonds is 6. The zero-order chi connectivity index (χ0) is 13.7. The van der Waals surface area contributed by atoms with E-state index in [4.69, 9.17) is 5.26 Å². The van der Waals surface area contributed by atoms with E-state index in [1.807, 2.05) is 13.8 Å². The summed E-state index contributed by atoms with van der Waals surface area (Å²) in [6, 6.07) is 3.98. The zero-order valence-corrected chi connectivity index (χ0v) is 12.6. The Morgan fingerprint density at radius 1 is 1.26 bits per heavy atom. The molecule has 108 valence electrons. The van der Waals surface area contributed by atoms with Crippen molar-refractivity contribution >= 4 is 0 Å². The zero-order valence-electron chi connectivity index (χ0n) is 12.6. The molecule has 2 aliphatic heterocycles. The van der Waals surface area contributed by atoms with E-state index < -0.39 is 0 Å². The molecule has 0 aromatic carbocycles. The van der Waals surface area contributed by atoms with Crippen LogP contribution in [0.1, 0.15) is 58.8 Å². The standard InChI is InChI=1S/C16H29N3/c1-16(2,13-17)8-3-4-9-18-14-7-11-19-10-5-6-15(19)12-14/h14-15,18H,3-12H2,1-2H3. The number of fused-ring (bicyclic) bond motifs is 1. The first-order valence-corrected chi connectivity index (χ1v) is 7.99. The van der Waals surface area contributed by atoms with Crippen LogP contribution in [0.15, 0.2) is 0 Å². The first-order chi connectivity index (χ1) is 9.11. The van der Waals surface area contributed by atoms with Gasteiger partial charge in [-0.3, -0.25) is 0 Å². The molecule has 2 heterocycles. The third kappa shape index (κ3) is 4.47. The van der Waals surface area contributed by atoms with Gasteiger partial charge in [-0.25, -0.2) is 0 Å². The summed E-state index contributed by atoms with van der Waals surface area (Å²) in [7, 11) is 0. The van der Waals surface area contributed by atoms with Crippen LogP contribution in [0.2, 0.25) is 0 Å². The molecule has 0 spiro atoms. The maximum atomic E-state index is 8.97. The van der Waals surface area contributed by atoms with Crippen molar-refractivity contribution < 1.29 is 0 Å². The minimum atomic E-state index is -0.144. The summed E-state index contributed by atoms with van der Waals surface area (Å²) in [5.41, 5.74) is -0.144. The largest absolute Gasteiger partial charge is 0.314 e. The summed E-state index contributed by atoms with van der Waals surface area (Å²) in [6.45, 7) is 7.83. The van der Waals surface area contributed by atoms with E-state index in [1.165, 1.54) is 45.2 Å². The van der Waals surface area contributed by atoms with Crippen LogP contribution in [0.3, 0.4) is 0 Å². The third-order valence-electron chi connectivity index (χ3n) is 4.78. The van der Waals surface area contributed by atoms with Gasteiger partial charge in [0.05, 0.1) is 11.5 Å². The second kappa shape index (κ2) is 6.72. The lowest BCUT2D eigenvalue weighted by atomic mass is 9.89. The smallest absolute Gasteiger partial charge is 0.0683 e. The van der Waals surface area contributed by atoms with Crippen molar-refractivity contribution in [2.75, 3.05) is 19.6 Å². The van der Waals surface area contributed by atoms with Crippen LogP contribution in [0.4, 0.5) is 0 Å². The molecule has 0 aliphatic carbocycles. The van der Waals surface area contributed by atoms with Gasteiger partial charge in [-0.05, 0) is 72.0 Å². The topological polar surface area (TPSA) is 39.1 Å². The number of nitriles is 1. The number of unbranched alkanes of at least 4 members (excludes halogenated alkanes) is 1. The van der Waals surface area contributed by atoms with Crippen molar-refractivity contribution in [3.8, 4) is 6.07 Å².